The van der Waals surface area contributed by atoms with E-state index in [-0.39, 0.29) is 6.15 Å². The number of alkyl halides is 16. The summed E-state index contributed by atoms with van der Waals surface area (Å²) in [6, 6.07) is 0. The second-order valence-electron chi connectivity index (χ2n) is 4.66. The molecule has 2 atom stereocenters. The molecule has 21 heteroatoms. The van der Waals surface area contributed by atoms with Crippen molar-refractivity contribution >= 4 is 8.25 Å². The van der Waals surface area contributed by atoms with Crippen LogP contribution in [0.4, 0.5) is 70.2 Å². The molecule has 0 aromatic carbocycles. The average Bonchev–Trinajstić information content (AvgIpc) is 2.42. The zero-order chi connectivity index (χ0) is 23.4. The van der Waals surface area contributed by atoms with Crippen LogP contribution in [0.2, 0.25) is 0 Å². The van der Waals surface area contributed by atoms with Crippen LogP contribution in [-0.4, -0.2) is 48.1 Å². The van der Waals surface area contributed by atoms with E-state index in [1.165, 1.54) is 0 Å². The lowest BCUT2D eigenvalue weighted by Gasteiger charge is -2.40. The highest BCUT2D eigenvalue weighted by Crippen LogP contribution is 2.62. The first-order chi connectivity index (χ1) is 11.8. The Morgan fingerprint density at radius 2 is 0.966 bits per heavy atom. The van der Waals surface area contributed by atoms with Crippen LogP contribution in [0.25, 0.3) is 0 Å². The molecule has 0 heterocycles. The van der Waals surface area contributed by atoms with Gasteiger partial charge in [0.1, 0.15) is 0 Å². The van der Waals surface area contributed by atoms with Crippen molar-refractivity contribution in [2.45, 2.75) is 48.1 Å². The van der Waals surface area contributed by atoms with E-state index >= 15 is 0 Å². The van der Waals surface area contributed by atoms with Crippen molar-refractivity contribution in [1.29, 1.82) is 0 Å². The zero-order valence-electron chi connectivity index (χ0n) is 12.8. The Morgan fingerprint density at radius 1 is 0.655 bits per heavy atom. The van der Waals surface area contributed by atoms with Gasteiger partial charge in [0.2, 0.25) is 0 Å². The van der Waals surface area contributed by atoms with Gasteiger partial charge in [-0.3, -0.25) is 0 Å². The molecule has 0 fully saturated rings. The number of halogens is 16. The lowest BCUT2D eigenvalue weighted by molar-refractivity contribution is -0.455. The van der Waals surface area contributed by atoms with E-state index in [9.17, 15) is 79.7 Å². The molecular weight excluding hydrogens is 493 g/mol. The second-order valence-corrected chi connectivity index (χ2v) is 5.29. The summed E-state index contributed by atoms with van der Waals surface area (Å²) in [5.41, 5.74) is 0. The van der Waals surface area contributed by atoms with Crippen molar-refractivity contribution in [3.05, 3.63) is 0 Å². The monoisotopic (exact) mass is 498 g/mol. The van der Waals surface area contributed by atoms with Gasteiger partial charge in [-0.2, -0.15) is 65.9 Å². The minimum atomic E-state index is -8.51. The van der Waals surface area contributed by atoms with Gasteiger partial charge in [0, 0.05) is 0 Å². The maximum atomic E-state index is 13.1. The Hall–Kier alpha value is -1.14. The molecule has 0 spiro atoms. The molecule has 0 bridgehead atoms. The molecule has 0 aromatic rings. The van der Waals surface area contributed by atoms with Crippen LogP contribution < -0.4 is 11.0 Å². The van der Waals surface area contributed by atoms with Crippen LogP contribution >= 0.6 is 8.25 Å². The summed E-state index contributed by atoms with van der Waals surface area (Å²) in [5, 5.41) is 0. The van der Waals surface area contributed by atoms with Gasteiger partial charge in [-0.1, -0.05) is 4.52 Å². The summed E-state index contributed by atoms with van der Waals surface area (Å²) in [7, 11) is -5.26. The standard InChI is InChI=1S/C8HF16O3P.H3N/c9-1(3(12,13)14)2(10,11)4(15,16)5(17,18)6(19,20)7(21,22)8(23,24)27-28(25)26;/h1H;1H3/p+1. The Bertz CT molecular complexity index is 603. The number of quaternary nitrogens is 1. The molecule has 0 radical (unpaired) electrons. The van der Waals surface area contributed by atoms with E-state index in [2.05, 4.69) is 0 Å². The van der Waals surface area contributed by atoms with Crippen molar-refractivity contribution in [3.8, 4) is 0 Å². The number of hydrogen-bond donors (Lipinski definition) is 1. The first kappa shape index (κ1) is 30.1. The van der Waals surface area contributed by atoms with E-state index in [4.69, 9.17) is 0 Å². The van der Waals surface area contributed by atoms with Crippen LogP contribution in [0, 0.1) is 0 Å². The van der Waals surface area contributed by atoms with Gasteiger partial charge in [-0.15, -0.1) is 0 Å². The highest BCUT2D eigenvalue weighted by atomic mass is 31.1. The minimum absolute atomic E-state index is 0. The molecule has 0 aliphatic carbocycles. The van der Waals surface area contributed by atoms with E-state index in [1.807, 2.05) is 4.52 Å². The molecule has 0 saturated carbocycles. The first-order valence-electron chi connectivity index (χ1n) is 5.63. The van der Waals surface area contributed by atoms with Gasteiger partial charge in [0.25, 0.3) is 6.17 Å². The summed E-state index contributed by atoms with van der Waals surface area (Å²) in [5.74, 6) is -41.2. The smallest absolute Gasteiger partial charge is 0.495 e. The SMILES string of the molecule is O=[P+]([O-])OC(F)(F)C(F)(F)C(F)(F)C(F)(F)C(F)(F)C(F)(F)C(F)C(F)(F)F.[NH4+]. The van der Waals surface area contributed by atoms with Gasteiger partial charge in [0.05, 0.1) is 0 Å². The van der Waals surface area contributed by atoms with Crippen molar-refractivity contribution in [3.63, 3.8) is 0 Å². The van der Waals surface area contributed by atoms with Crippen molar-refractivity contribution in [2.75, 3.05) is 0 Å². The van der Waals surface area contributed by atoms with Gasteiger partial charge in [-0.05, 0) is 4.57 Å². The largest absolute Gasteiger partial charge is 0.566 e. The van der Waals surface area contributed by atoms with Crippen LogP contribution in [-0.2, 0) is 9.09 Å². The average molecular weight is 498 g/mol. The summed E-state index contributed by atoms with van der Waals surface area (Å²) in [6.07, 6.45) is -20.7. The normalized spacial score (nSPS) is 16.9. The van der Waals surface area contributed by atoms with Crippen molar-refractivity contribution < 1.29 is 84.2 Å². The third-order valence-corrected chi connectivity index (χ3v) is 3.14. The fraction of sp³-hybridized carbons (Fsp3) is 1.00. The highest BCUT2D eigenvalue weighted by molar-refractivity contribution is 7.30. The minimum Gasteiger partial charge on any atom is -0.566 e. The Kier molecular flexibility index (Phi) is 8.13. The molecule has 29 heavy (non-hydrogen) atoms. The molecule has 0 saturated heterocycles. The van der Waals surface area contributed by atoms with Gasteiger partial charge >= 0.3 is 50.2 Å². The van der Waals surface area contributed by atoms with Crippen LogP contribution in [0.3, 0.4) is 0 Å². The van der Waals surface area contributed by atoms with E-state index in [0.717, 1.165) is 0 Å². The third-order valence-electron chi connectivity index (χ3n) is 2.76. The zero-order valence-corrected chi connectivity index (χ0v) is 13.7. The van der Waals surface area contributed by atoms with E-state index < -0.39 is 56.3 Å². The Labute approximate surface area is 148 Å². The molecule has 4 N–H and O–H groups in total. The van der Waals surface area contributed by atoms with Crippen LogP contribution in [0.15, 0.2) is 0 Å². The molecule has 0 aliphatic heterocycles. The lowest BCUT2D eigenvalue weighted by atomic mass is 9.91. The molecule has 176 valence electrons. The van der Waals surface area contributed by atoms with Crippen molar-refractivity contribution in [1.82, 2.24) is 6.15 Å². The van der Waals surface area contributed by atoms with E-state index in [0.29, 0.717) is 0 Å². The third kappa shape index (κ3) is 4.48. The molecular formula is C8H5F16NO3P+. The first-order valence-corrected chi connectivity index (χ1v) is 6.73. The van der Waals surface area contributed by atoms with E-state index in [1.54, 1.807) is 0 Å². The van der Waals surface area contributed by atoms with Gasteiger partial charge in [0.15, 0.2) is 0 Å². The van der Waals surface area contributed by atoms with Crippen molar-refractivity contribution in [2.24, 2.45) is 0 Å². The topological polar surface area (TPSA) is 85.9 Å². The summed E-state index contributed by atoms with van der Waals surface area (Å²) >= 11 is 0. The molecule has 0 rings (SSSR count). The molecule has 4 nitrogen and oxygen atoms in total. The number of rotatable bonds is 8. The fourth-order valence-electron chi connectivity index (χ4n) is 1.30. The molecule has 2 unspecified atom stereocenters. The fourth-order valence-corrected chi connectivity index (χ4v) is 1.60. The quantitative estimate of drug-likeness (QED) is 0.375. The maximum absolute atomic E-state index is 13.1. The predicted octanol–water partition coefficient (Wildman–Crippen LogP) is 5.07. The summed E-state index contributed by atoms with van der Waals surface area (Å²) in [4.78, 5) is 9.72. The summed E-state index contributed by atoms with van der Waals surface area (Å²) in [6.45, 7) is 0. The highest BCUT2D eigenvalue weighted by Gasteiger charge is 2.93. The maximum Gasteiger partial charge on any atom is 0.495 e. The molecule has 0 amide bonds. The summed E-state index contributed by atoms with van der Waals surface area (Å²) < 4.78 is 214. The molecule has 0 aliphatic rings. The Balaban J connectivity index is 0. The number of hydrogen-bond acceptors (Lipinski definition) is 3. The predicted molar refractivity (Wildman–Crippen MR) is 55.3 cm³/mol. The van der Waals surface area contributed by atoms with Gasteiger partial charge < -0.3 is 11.0 Å². The molecule has 0 aromatic heterocycles. The van der Waals surface area contributed by atoms with Crippen LogP contribution in [0.5, 0.6) is 0 Å². The van der Waals surface area contributed by atoms with Crippen LogP contribution in [0.1, 0.15) is 0 Å². The lowest BCUT2D eigenvalue weighted by Crippen LogP contribution is -2.72. The Morgan fingerprint density at radius 3 is 1.24 bits per heavy atom. The van der Waals surface area contributed by atoms with Gasteiger partial charge in [-0.25, -0.2) is 4.39 Å². The second kappa shape index (κ2) is 7.84.